The fraction of sp³-hybridized carbons (Fsp3) is 0.222. The third-order valence-corrected chi connectivity index (χ3v) is 2.38. The molecule has 2 rings (SSSR count). The molecule has 0 aromatic carbocycles. The Labute approximate surface area is 113 Å². The van der Waals surface area contributed by atoms with Crippen LogP contribution in [0.5, 0.6) is 5.88 Å². The van der Waals surface area contributed by atoms with E-state index in [9.17, 15) is 17.6 Å². The van der Waals surface area contributed by atoms with Crippen LogP contribution in [0.1, 0.15) is 0 Å². The SMILES string of the molecule is Fc1c(Cl)ncc2c(OCC(F)(F)F)nc(Cl)nc12. The lowest BCUT2D eigenvalue weighted by Crippen LogP contribution is -2.20. The van der Waals surface area contributed by atoms with Crippen molar-refractivity contribution >= 4 is 34.1 Å². The third kappa shape index (κ3) is 3.13. The normalized spacial score (nSPS) is 11.9. The monoisotopic (exact) mass is 315 g/mol. The zero-order chi connectivity index (χ0) is 14.2. The van der Waals surface area contributed by atoms with E-state index in [0.717, 1.165) is 6.20 Å². The number of aromatic nitrogens is 3. The molecule has 0 unspecified atom stereocenters. The van der Waals surface area contributed by atoms with Gasteiger partial charge in [0.1, 0.15) is 5.52 Å². The predicted molar refractivity (Wildman–Crippen MR) is 58.9 cm³/mol. The second-order valence-corrected chi connectivity index (χ2v) is 4.02. The van der Waals surface area contributed by atoms with E-state index in [1.54, 1.807) is 0 Å². The first kappa shape index (κ1) is 14.0. The molecule has 0 aliphatic heterocycles. The molecule has 4 nitrogen and oxygen atoms in total. The standard InChI is InChI=1S/C9H3Cl2F4N3O/c10-6-4(12)5-3(1-16-6)7(18-8(11)17-5)19-2-9(13,14)15/h1H,2H2. The molecule has 0 fully saturated rings. The fourth-order valence-electron chi connectivity index (χ4n) is 1.24. The van der Waals surface area contributed by atoms with Crippen molar-refractivity contribution in [2.75, 3.05) is 6.61 Å². The van der Waals surface area contributed by atoms with Gasteiger partial charge in [0, 0.05) is 6.20 Å². The van der Waals surface area contributed by atoms with Gasteiger partial charge in [-0.25, -0.2) is 14.4 Å². The molecule has 2 aromatic rings. The second kappa shape index (κ2) is 4.93. The fourth-order valence-corrected chi connectivity index (χ4v) is 1.54. The molecule has 0 saturated heterocycles. The summed E-state index contributed by atoms with van der Waals surface area (Å²) < 4.78 is 54.3. The number of halogens is 6. The van der Waals surface area contributed by atoms with Gasteiger partial charge in [-0.15, -0.1) is 0 Å². The summed E-state index contributed by atoms with van der Waals surface area (Å²) in [4.78, 5) is 10.4. The van der Waals surface area contributed by atoms with Gasteiger partial charge in [-0.05, 0) is 11.6 Å². The van der Waals surface area contributed by atoms with E-state index in [2.05, 4.69) is 19.7 Å². The van der Waals surface area contributed by atoms with Gasteiger partial charge in [0.05, 0.1) is 5.39 Å². The van der Waals surface area contributed by atoms with Crippen LogP contribution in [0, 0.1) is 5.82 Å². The number of rotatable bonds is 2. The van der Waals surface area contributed by atoms with Crippen LogP contribution in [0.15, 0.2) is 6.20 Å². The minimum absolute atomic E-state index is 0.157. The third-order valence-electron chi connectivity index (χ3n) is 1.95. The molecule has 0 bridgehead atoms. The summed E-state index contributed by atoms with van der Waals surface area (Å²) in [6.07, 6.45) is -3.56. The van der Waals surface area contributed by atoms with Gasteiger partial charge in [-0.1, -0.05) is 11.6 Å². The van der Waals surface area contributed by atoms with E-state index in [1.807, 2.05) is 0 Å². The molecule has 0 aliphatic carbocycles. The minimum Gasteiger partial charge on any atom is -0.467 e. The summed E-state index contributed by atoms with van der Waals surface area (Å²) in [5, 5.41) is -1.11. The lowest BCUT2D eigenvalue weighted by atomic mass is 10.3. The molecule has 0 atom stereocenters. The first-order chi connectivity index (χ1) is 8.78. The van der Waals surface area contributed by atoms with Gasteiger partial charge in [0.15, 0.2) is 17.6 Å². The van der Waals surface area contributed by atoms with Crippen LogP contribution in [0.3, 0.4) is 0 Å². The maximum atomic E-state index is 13.6. The Hall–Kier alpha value is -1.41. The quantitative estimate of drug-likeness (QED) is 0.484. The van der Waals surface area contributed by atoms with Crippen LogP contribution in [-0.4, -0.2) is 27.7 Å². The van der Waals surface area contributed by atoms with Crippen molar-refractivity contribution in [3.8, 4) is 5.88 Å². The van der Waals surface area contributed by atoms with Crippen LogP contribution < -0.4 is 4.74 Å². The topological polar surface area (TPSA) is 47.9 Å². The Morgan fingerprint density at radius 1 is 1.21 bits per heavy atom. The molecule has 0 N–H and O–H groups in total. The van der Waals surface area contributed by atoms with Crippen LogP contribution in [0.4, 0.5) is 17.6 Å². The van der Waals surface area contributed by atoms with E-state index in [-0.39, 0.29) is 10.9 Å². The van der Waals surface area contributed by atoms with Gasteiger partial charge >= 0.3 is 6.18 Å². The van der Waals surface area contributed by atoms with Gasteiger partial charge in [-0.2, -0.15) is 18.2 Å². The molecule has 0 aliphatic rings. The largest absolute Gasteiger partial charge is 0.467 e. The van der Waals surface area contributed by atoms with Crippen LogP contribution in [0.2, 0.25) is 10.4 Å². The molecule has 0 spiro atoms. The van der Waals surface area contributed by atoms with Crippen molar-refractivity contribution in [1.29, 1.82) is 0 Å². The highest BCUT2D eigenvalue weighted by atomic mass is 35.5. The number of hydrogen-bond donors (Lipinski definition) is 0. The number of alkyl halides is 3. The van der Waals surface area contributed by atoms with Crippen molar-refractivity contribution in [3.63, 3.8) is 0 Å². The van der Waals surface area contributed by atoms with Crippen molar-refractivity contribution in [3.05, 3.63) is 22.5 Å². The van der Waals surface area contributed by atoms with E-state index in [0.29, 0.717) is 0 Å². The zero-order valence-corrected chi connectivity index (χ0v) is 10.3. The molecule has 0 saturated carbocycles. The number of fused-ring (bicyclic) bond motifs is 1. The van der Waals surface area contributed by atoms with Crippen molar-refractivity contribution in [2.24, 2.45) is 0 Å². The van der Waals surface area contributed by atoms with Crippen LogP contribution in [0.25, 0.3) is 10.9 Å². The van der Waals surface area contributed by atoms with E-state index >= 15 is 0 Å². The minimum atomic E-state index is -4.57. The Bertz CT molecular complexity index is 635. The lowest BCUT2D eigenvalue weighted by Gasteiger charge is -2.10. The summed E-state index contributed by atoms with van der Waals surface area (Å²) in [5.41, 5.74) is -0.364. The summed E-state index contributed by atoms with van der Waals surface area (Å²) in [7, 11) is 0. The van der Waals surface area contributed by atoms with E-state index < -0.39 is 34.9 Å². The molecule has 0 radical (unpaired) electrons. The molecule has 0 amide bonds. The molecular formula is C9H3Cl2F4N3O. The average molecular weight is 316 g/mol. The smallest absolute Gasteiger partial charge is 0.422 e. The Morgan fingerprint density at radius 3 is 2.53 bits per heavy atom. The molecule has 102 valence electrons. The highest BCUT2D eigenvalue weighted by molar-refractivity contribution is 6.30. The number of hydrogen-bond acceptors (Lipinski definition) is 4. The highest BCUT2D eigenvalue weighted by Gasteiger charge is 2.29. The Morgan fingerprint density at radius 2 is 1.89 bits per heavy atom. The lowest BCUT2D eigenvalue weighted by molar-refractivity contribution is -0.153. The average Bonchev–Trinajstić information content (AvgIpc) is 2.30. The second-order valence-electron chi connectivity index (χ2n) is 3.33. The highest BCUT2D eigenvalue weighted by Crippen LogP contribution is 2.29. The number of pyridine rings is 1. The molecular weight excluding hydrogens is 313 g/mol. The van der Waals surface area contributed by atoms with Gasteiger partial charge in [-0.3, -0.25) is 0 Å². The van der Waals surface area contributed by atoms with Gasteiger partial charge in [0.25, 0.3) is 0 Å². The van der Waals surface area contributed by atoms with Crippen LogP contribution >= 0.6 is 23.2 Å². The number of nitrogens with zero attached hydrogens (tertiary/aromatic N) is 3. The zero-order valence-electron chi connectivity index (χ0n) is 8.80. The summed E-state index contributed by atoms with van der Waals surface area (Å²) >= 11 is 10.9. The Kier molecular flexibility index (Phi) is 3.64. The van der Waals surface area contributed by atoms with Crippen molar-refractivity contribution in [1.82, 2.24) is 15.0 Å². The summed E-state index contributed by atoms with van der Waals surface area (Å²) in [6, 6.07) is 0. The van der Waals surface area contributed by atoms with Gasteiger partial charge in [0.2, 0.25) is 11.2 Å². The number of ether oxygens (including phenoxy) is 1. The molecule has 2 aromatic heterocycles. The van der Waals surface area contributed by atoms with E-state index in [4.69, 9.17) is 23.2 Å². The van der Waals surface area contributed by atoms with Gasteiger partial charge < -0.3 is 4.74 Å². The maximum absolute atomic E-state index is 13.6. The molecule has 19 heavy (non-hydrogen) atoms. The van der Waals surface area contributed by atoms with Crippen LogP contribution in [-0.2, 0) is 0 Å². The predicted octanol–water partition coefficient (Wildman–Crippen LogP) is 3.41. The van der Waals surface area contributed by atoms with E-state index in [1.165, 1.54) is 0 Å². The molecule has 2 heterocycles. The summed E-state index contributed by atoms with van der Waals surface area (Å²) in [5.74, 6) is -1.53. The first-order valence-electron chi connectivity index (χ1n) is 4.65. The maximum Gasteiger partial charge on any atom is 0.422 e. The Balaban J connectivity index is 2.52. The summed E-state index contributed by atoms with van der Waals surface area (Å²) in [6.45, 7) is -1.60. The first-order valence-corrected chi connectivity index (χ1v) is 5.40. The molecule has 10 heteroatoms. The van der Waals surface area contributed by atoms with Crippen molar-refractivity contribution in [2.45, 2.75) is 6.18 Å². The van der Waals surface area contributed by atoms with Crippen molar-refractivity contribution < 1.29 is 22.3 Å².